The quantitative estimate of drug-likeness (QED) is 0.164. The second-order valence-corrected chi connectivity index (χ2v) is 16.3. The van der Waals surface area contributed by atoms with E-state index in [0.29, 0.717) is 11.9 Å². The van der Waals surface area contributed by atoms with E-state index in [-0.39, 0.29) is 23.6 Å². The molecule has 0 spiro atoms. The van der Waals surface area contributed by atoms with Crippen LogP contribution in [-0.2, 0) is 12.0 Å². The van der Waals surface area contributed by atoms with E-state index < -0.39 is 0 Å². The number of nitrogens with one attached hydrogen (secondary N) is 2. The standard InChI is InChI=1S/C41H50ClN9O2/c1-27-11-7-8-22-49(27)40-46-45-37-19-15-30(26-50(37)40)53-35-18-17-34(31-12-5-6-13-32(31)35)43-39(52)44-38-24-36(41(2,3)4)47-51(38)29-14-16-33(42)28(23-29)25-48-20-9-10-21-48/h5-6,12-16,19,23-24,26-27,34-35H,7-11,17-18,20-22,25H2,1-4H3,(H2,43,44,52)/t27-,34-,35+/m0/s1. The van der Waals surface area contributed by atoms with Crippen LogP contribution in [0.2, 0.25) is 5.02 Å². The van der Waals surface area contributed by atoms with Crippen LogP contribution in [0.15, 0.2) is 66.9 Å². The summed E-state index contributed by atoms with van der Waals surface area (Å²) < 4.78 is 10.6. The van der Waals surface area contributed by atoms with Gasteiger partial charge in [0.2, 0.25) is 5.95 Å². The normalized spacial score (nSPS) is 20.8. The van der Waals surface area contributed by atoms with E-state index in [0.717, 1.165) is 102 Å². The van der Waals surface area contributed by atoms with Gasteiger partial charge in [0.1, 0.15) is 17.7 Å². The number of likely N-dealkylation sites (tertiary alicyclic amines) is 1. The van der Waals surface area contributed by atoms with E-state index in [1.807, 2.05) is 53.3 Å². The first-order valence-electron chi connectivity index (χ1n) is 19.2. The van der Waals surface area contributed by atoms with Gasteiger partial charge in [-0.15, -0.1) is 10.2 Å². The molecule has 12 heteroatoms. The lowest BCUT2D eigenvalue weighted by Crippen LogP contribution is -2.38. The SMILES string of the molecule is C[C@H]1CCCCN1c1nnc2ccc(O[C@@H]3CC[C@H](NC(=O)Nc4cc(C(C)(C)C)nn4-c4ccc(Cl)c(CN5CCCC5)c4)c4ccccc43)cn12. The van der Waals surface area contributed by atoms with E-state index in [4.69, 9.17) is 21.4 Å². The van der Waals surface area contributed by atoms with Gasteiger partial charge in [-0.1, -0.05) is 56.6 Å². The molecule has 2 amide bonds. The summed E-state index contributed by atoms with van der Waals surface area (Å²) in [5.41, 5.74) is 5.52. The van der Waals surface area contributed by atoms with Crippen LogP contribution in [0, 0.1) is 0 Å². The number of piperidine rings is 1. The van der Waals surface area contributed by atoms with Crippen molar-refractivity contribution in [1.82, 2.24) is 34.6 Å². The number of hydrogen-bond acceptors (Lipinski definition) is 7. The first-order valence-corrected chi connectivity index (χ1v) is 19.5. The fourth-order valence-corrected chi connectivity index (χ4v) is 8.22. The number of ether oxygens (including phenoxy) is 1. The zero-order valence-corrected chi connectivity index (χ0v) is 31.9. The maximum absolute atomic E-state index is 13.8. The van der Waals surface area contributed by atoms with Crippen LogP contribution in [0.5, 0.6) is 5.75 Å². The highest BCUT2D eigenvalue weighted by Gasteiger charge is 2.31. The molecule has 3 atom stereocenters. The Balaban J connectivity index is 0.998. The van der Waals surface area contributed by atoms with Gasteiger partial charge in [-0.3, -0.25) is 14.6 Å². The van der Waals surface area contributed by atoms with Crippen molar-refractivity contribution in [2.24, 2.45) is 0 Å². The molecular weight excluding hydrogens is 686 g/mol. The Morgan fingerprint density at radius 1 is 0.925 bits per heavy atom. The Morgan fingerprint density at radius 2 is 1.72 bits per heavy atom. The molecule has 2 N–H and O–H groups in total. The van der Waals surface area contributed by atoms with Gasteiger partial charge >= 0.3 is 6.03 Å². The first kappa shape index (κ1) is 35.4. The molecule has 0 saturated carbocycles. The average molecular weight is 736 g/mol. The molecule has 2 aliphatic heterocycles. The van der Waals surface area contributed by atoms with Crippen molar-refractivity contribution >= 4 is 35.0 Å². The summed E-state index contributed by atoms with van der Waals surface area (Å²) in [6.07, 6.45) is 9.31. The lowest BCUT2D eigenvalue weighted by atomic mass is 9.85. The number of fused-ring (bicyclic) bond motifs is 2. The summed E-state index contributed by atoms with van der Waals surface area (Å²) in [5, 5.41) is 21.1. The Labute approximate surface area is 316 Å². The van der Waals surface area contributed by atoms with Crippen LogP contribution >= 0.6 is 11.6 Å². The predicted molar refractivity (Wildman–Crippen MR) is 209 cm³/mol. The molecule has 0 bridgehead atoms. The van der Waals surface area contributed by atoms with Crippen molar-refractivity contribution < 1.29 is 9.53 Å². The molecule has 2 fully saturated rings. The Kier molecular flexibility index (Phi) is 9.80. The molecule has 2 saturated heterocycles. The highest BCUT2D eigenvalue weighted by Crippen LogP contribution is 2.39. The number of carbonyl (C=O) groups excluding carboxylic acids is 1. The summed E-state index contributed by atoms with van der Waals surface area (Å²) in [5.74, 6) is 2.24. The zero-order chi connectivity index (χ0) is 36.7. The fraction of sp³-hybridized carbons (Fsp3) is 0.463. The second-order valence-electron chi connectivity index (χ2n) is 15.9. The van der Waals surface area contributed by atoms with Gasteiger partial charge in [-0.25, -0.2) is 9.48 Å². The Morgan fingerprint density at radius 3 is 2.51 bits per heavy atom. The number of aromatic nitrogens is 5. The third kappa shape index (κ3) is 7.46. The van der Waals surface area contributed by atoms with Gasteiger partial charge in [0, 0.05) is 35.6 Å². The monoisotopic (exact) mass is 735 g/mol. The highest BCUT2D eigenvalue weighted by atomic mass is 35.5. The van der Waals surface area contributed by atoms with E-state index >= 15 is 0 Å². The minimum atomic E-state index is -0.283. The fourth-order valence-electron chi connectivity index (χ4n) is 8.05. The lowest BCUT2D eigenvalue weighted by molar-refractivity contribution is 0.171. The Hall–Kier alpha value is -4.61. The number of rotatable bonds is 8. The average Bonchev–Trinajstić information content (AvgIpc) is 3.91. The third-order valence-electron chi connectivity index (χ3n) is 11.0. The molecule has 2 aromatic carbocycles. The maximum atomic E-state index is 13.8. The molecule has 5 aromatic rings. The van der Waals surface area contributed by atoms with Crippen molar-refractivity contribution in [1.29, 1.82) is 0 Å². The van der Waals surface area contributed by atoms with Gasteiger partial charge in [0.15, 0.2) is 5.65 Å². The molecule has 11 nitrogen and oxygen atoms in total. The van der Waals surface area contributed by atoms with Crippen LogP contribution < -0.4 is 20.3 Å². The van der Waals surface area contributed by atoms with Crippen molar-refractivity contribution in [2.75, 3.05) is 29.9 Å². The van der Waals surface area contributed by atoms with Gasteiger partial charge in [0.05, 0.1) is 23.6 Å². The van der Waals surface area contributed by atoms with Crippen LogP contribution in [0.3, 0.4) is 0 Å². The minimum absolute atomic E-state index is 0.158. The first-order chi connectivity index (χ1) is 25.6. The second kappa shape index (κ2) is 14.7. The molecule has 5 heterocycles. The van der Waals surface area contributed by atoms with Gasteiger partial charge in [-0.2, -0.15) is 5.10 Å². The van der Waals surface area contributed by atoms with E-state index in [1.54, 1.807) is 0 Å². The highest BCUT2D eigenvalue weighted by molar-refractivity contribution is 6.31. The summed E-state index contributed by atoms with van der Waals surface area (Å²) in [7, 11) is 0. The van der Waals surface area contributed by atoms with Crippen molar-refractivity contribution in [3.63, 3.8) is 0 Å². The number of amides is 2. The predicted octanol–water partition coefficient (Wildman–Crippen LogP) is 8.62. The molecule has 3 aromatic heterocycles. The van der Waals surface area contributed by atoms with Crippen LogP contribution in [0.4, 0.5) is 16.6 Å². The molecular formula is C41H50ClN9O2. The lowest BCUT2D eigenvalue weighted by Gasteiger charge is -2.33. The molecule has 53 heavy (non-hydrogen) atoms. The number of urea groups is 1. The molecule has 8 rings (SSSR count). The molecule has 278 valence electrons. The van der Waals surface area contributed by atoms with E-state index in [2.05, 4.69) is 80.9 Å². The molecule has 0 unspecified atom stereocenters. The van der Waals surface area contributed by atoms with Crippen molar-refractivity contribution in [2.45, 2.75) is 103 Å². The smallest absolute Gasteiger partial charge is 0.320 e. The number of benzene rings is 2. The molecule has 1 aliphatic carbocycles. The van der Waals surface area contributed by atoms with Crippen LogP contribution in [0.1, 0.15) is 107 Å². The van der Waals surface area contributed by atoms with Gasteiger partial charge in [-0.05, 0) is 112 Å². The summed E-state index contributed by atoms with van der Waals surface area (Å²) >= 11 is 6.68. The van der Waals surface area contributed by atoms with Gasteiger partial charge in [0.25, 0.3) is 0 Å². The summed E-state index contributed by atoms with van der Waals surface area (Å²) in [6.45, 7) is 12.6. The number of carbonyl (C=O) groups is 1. The minimum Gasteiger partial charge on any atom is -0.484 e. The summed E-state index contributed by atoms with van der Waals surface area (Å²) in [4.78, 5) is 18.6. The van der Waals surface area contributed by atoms with Crippen LogP contribution in [-0.4, -0.2) is 61.0 Å². The number of anilines is 2. The zero-order valence-electron chi connectivity index (χ0n) is 31.2. The topological polar surface area (TPSA) is 105 Å². The van der Waals surface area contributed by atoms with Gasteiger partial charge < -0.3 is 15.0 Å². The number of halogens is 1. The van der Waals surface area contributed by atoms with E-state index in [9.17, 15) is 4.79 Å². The largest absolute Gasteiger partial charge is 0.484 e. The molecule has 0 radical (unpaired) electrons. The number of hydrogen-bond donors (Lipinski definition) is 2. The third-order valence-corrected chi connectivity index (χ3v) is 11.4. The maximum Gasteiger partial charge on any atom is 0.320 e. The van der Waals surface area contributed by atoms with Crippen LogP contribution in [0.25, 0.3) is 11.3 Å². The Bertz CT molecular complexity index is 2100. The van der Waals surface area contributed by atoms with E-state index in [1.165, 1.54) is 19.3 Å². The number of nitrogens with zero attached hydrogens (tertiary/aromatic N) is 7. The molecule has 3 aliphatic rings. The summed E-state index contributed by atoms with van der Waals surface area (Å²) in [6, 6.07) is 20.1. The number of pyridine rings is 1. The van der Waals surface area contributed by atoms with Crippen molar-refractivity contribution in [3.8, 4) is 11.4 Å². The van der Waals surface area contributed by atoms with Crippen molar-refractivity contribution in [3.05, 3.63) is 94.3 Å².